The molecule has 6 heteroatoms. The molecular formula is C20H23N3O3. The topological polar surface area (TPSA) is 80.3 Å². The molecule has 0 aliphatic carbocycles. The number of benzene rings is 1. The van der Waals surface area contributed by atoms with Crippen LogP contribution in [0.25, 0.3) is 0 Å². The second-order valence-electron chi connectivity index (χ2n) is 6.31. The second-order valence-corrected chi connectivity index (χ2v) is 6.31. The zero-order valence-electron chi connectivity index (χ0n) is 14.8. The van der Waals surface area contributed by atoms with Crippen molar-refractivity contribution in [1.82, 2.24) is 10.3 Å². The largest absolute Gasteiger partial charge is 0.376 e. The third-order valence-corrected chi connectivity index (χ3v) is 4.40. The van der Waals surface area contributed by atoms with Crippen LogP contribution in [0.5, 0.6) is 0 Å². The van der Waals surface area contributed by atoms with E-state index in [4.69, 9.17) is 4.74 Å². The number of anilines is 1. The van der Waals surface area contributed by atoms with Crippen molar-refractivity contribution >= 4 is 17.5 Å². The fourth-order valence-electron chi connectivity index (χ4n) is 2.83. The van der Waals surface area contributed by atoms with Crippen LogP contribution in [0.2, 0.25) is 0 Å². The lowest BCUT2D eigenvalue weighted by atomic mass is 10.1. The van der Waals surface area contributed by atoms with Crippen molar-refractivity contribution in [1.29, 1.82) is 0 Å². The van der Waals surface area contributed by atoms with Gasteiger partial charge < -0.3 is 15.4 Å². The van der Waals surface area contributed by atoms with Gasteiger partial charge in [0.1, 0.15) is 0 Å². The first-order chi connectivity index (χ1) is 12.7. The summed E-state index contributed by atoms with van der Waals surface area (Å²) in [5.74, 6) is -0.550. The van der Waals surface area contributed by atoms with Gasteiger partial charge in [0.15, 0.2) is 0 Å². The van der Waals surface area contributed by atoms with Gasteiger partial charge in [0.05, 0.1) is 17.2 Å². The molecule has 6 nitrogen and oxygen atoms in total. The SMILES string of the molecule is CCc1ccc(NC(=O)c2cncc(C(=O)NCC3CCCO3)c2)cc1. The summed E-state index contributed by atoms with van der Waals surface area (Å²) in [5, 5.41) is 5.66. The Bertz CT molecular complexity index is 768. The van der Waals surface area contributed by atoms with E-state index in [-0.39, 0.29) is 17.9 Å². The fourth-order valence-corrected chi connectivity index (χ4v) is 2.83. The molecule has 2 aromatic rings. The summed E-state index contributed by atoms with van der Waals surface area (Å²) >= 11 is 0. The molecule has 1 aliphatic rings. The van der Waals surface area contributed by atoms with Crippen molar-refractivity contribution in [3.05, 3.63) is 59.4 Å². The average Bonchev–Trinajstić information content (AvgIpc) is 3.20. The van der Waals surface area contributed by atoms with Crippen molar-refractivity contribution in [3.8, 4) is 0 Å². The number of amides is 2. The maximum atomic E-state index is 12.4. The summed E-state index contributed by atoms with van der Waals surface area (Å²) < 4.78 is 5.49. The van der Waals surface area contributed by atoms with Crippen molar-refractivity contribution in [3.63, 3.8) is 0 Å². The smallest absolute Gasteiger partial charge is 0.257 e. The Morgan fingerprint density at radius 1 is 1.15 bits per heavy atom. The number of pyridine rings is 1. The number of hydrogen-bond acceptors (Lipinski definition) is 4. The van der Waals surface area contributed by atoms with Gasteiger partial charge in [-0.15, -0.1) is 0 Å². The molecule has 0 saturated carbocycles. The van der Waals surface area contributed by atoms with E-state index in [2.05, 4.69) is 22.5 Å². The lowest BCUT2D eigenvalue weighted by Crippen LogP contribution is -2.32. The average molecular weight is 353 g/mol. The molecule has 136 valence electrons. The monoisotopic (exact) mass is 353 g/mol. The van der Waals surface area contributed by atoms with Gasteiger partial charge in [-0.05, 0) is 43.0 Å². The number of aryl methyl sites for hydroxylation is 1. The summed E-state index contributed by atoms with van der Waals surface area (Å²) in [5.41, 5.74) is 2.61. The first-order valence-corrected chi connectivity index (χ1v) is 8.91. The minimum Gasteiger partial charge on any atom is -0.376 e. The molecule has 1 unspecified atom stereocenters. The Balaban J connectivity index is 1.61. The van der Waals surface area contributed by atoms with Crippen LogP contribution in [0.1, 0.15) is 46.0 Å². The lowest BCUT2D eigenvalue weighted by Gasteiger charge is -2.11. The standard InChI is InChI=1S/C20H23N3O3/c1-2-14-5-7-17(8-6-14)23-20(25)16-10-15(11-21-12-16)19(24)22-13-18-4-3-9-26-18/h5-8,10-12,18H,2-4,9,13H2,1H3,(H,22,24)(H,23,25). The van der Waals surface area contributed by atoms with E-state index >= 15 is 0 Å². The molecule has 2 amide bonds. The van der Waals surface area contributed by atoms with E-state index in [1.807, 2.05) is 24.3 Å². The molecular weight excluding hydrogens is 330 g/mol. The zero-order chi connectivity index (χ0) is 18.4. The van der Waals surface area contributed by atoms with Crippen molar-refractivity contribution < 1.29 is 14.3 Å². The highest BCUT2D eigenvalue weighted by Crippen LogP contribution is 2.13. The van der Waals surface area contributed by atoms with Crippen LogP contribution >= 0.6 is 0 Å². The zero-order valence-corrected chi connectivity index (χ0v) is 14.8. The molecule has 1 saturated heterocycles. The summed E-state index contributed by atoms with van der Waals surface area (Å²) in [6.45, 7) is 3.30. The molecule has 1 aromatic carbocycles. The lowest BCUT2D eigenvalue weighted by molar-refractivity contribution is 0.0857. The van der Waals surface area contributed by atoms with E-state index in [0.717, 1.165) is 25.9 Å². The quantitative estimate of drug-likeness (QED) is 0.837. The van der Waals surface area contributed by atoms with Gasteiger partial charge in [-0.3, -0.25) is 14.6 Å². The van der Waals surface area contributed by atoms with Gasteiger partial charge >= 0.3 is 0 Å². The first kappa shape index (κ1) is 18.1. The van der Waals surface area contributed by atoms with Crippen molar-refractivity contribution in [2.45, 2.75) is 32.3 Å². The summed E-state index contributed by atoms with van der Waals surface area (Å²) in [7, 11) is 0. The van der Waals surface area contributed by atoms with Crippen LogP contribution in [-0.4, -0.2) is 36.1 Å². The summed E-state index contributed by atoms with van der Waals surface area (Å²) in [6, 6.07) is 9.23. The van der Waals surface area contributed by atoms with Crippen LogP contribution in [0.3, 0.4) is 0 Å². The van der Waals surface area contributed by atoms with Gasteiger partial charge in [-0.2, -0.15) is 0 Å². The molecule has 1 atom stereocenters. The number of nitrogens with one attached hydrogen (secondary N) is 2. The molecule has 1 aliphatic heterocycles. The number of ether oxygens (including phenoxy) is 1. The Hall–Kier alpha value is -2.73. The van der Waals surface area contributed by atoms with E-state index in [1.54, 1.807) is 6.07 Å². The Kier molecular flexibility index (Phi) is 5.96. The van der Waals surface area contributed by atoms with Crippen LogP contribution < -0.4 is 10.6 Å². The van der Waals surface area contributed by atoms with E-state index in [1.165, 1.54) is 18.0 Å². The number of carbonyl (C=O) groups excluding carboxylic acids is 2. The van der Waals surface area contributed by atoms with E-state index in [9.17, 15) is 9.59 Å². The number of carbonyl (C=O) groups is 2. The Labute approximate surface area is 153 Å². The highest BCUT2D eigenvalue weighted by molar-refractivity contribution is 6.05. The first-order valence-electron chi connectivity index (χ1n) is 8.91. The molecule has 26 heavy (non-hydrogen) atoms. The minimum absolute atomic E-state index is 0.0736. The van der Waals surface area contributed by atoms with Crippen LogP contribution in [-0.2, 0) is 11.2 Å². The van der Waals surface area contributed by atoms with Crippen molar-refractivity contribution in [2.75, 3.05) is 18.5 Å². The maximum absolute atomic E-state index is 12.4. The Morgan fingerprint density at radius 3 is 2.54 bits per heavy atom. The molecule has 0 radical (unpaired) electrons. The predicted molar refractivity (Wildman–Crippen MR) is 99.3 cm³/mol. The van der Waals surface area contributed by atoms with Gasteiger partial charge in [0, 0.05) is 31.2 Å². The summed E-state index contributed by atoms with van der Waals surface area (Å²) in [4.78, 5) is 28.7. The molecule has 1 aromatic heterocycles. The highest BCUT2D eigenvalue weighted by atomic mass is 16.5. The van der Waals surface area contributed by atoms with Gasteiger partial charge in [0.2, 0.25) is 0 Å². The normalized spacial score (nSPS) is 16.3. The number of aromatic nitrogens is 1. The highest BCUT2D eigenvalue weighted by Gasteiger charge is 2.17. The van der Waals surface area contributed by atoms with Crippen molar-refractivity contribution in [2.24, 2.45) is 0 Å². The maximum Gasteiger partial charge on any atom is 0.257 e. The number of nitrogens with zero attached hydrogens (tertiary/aromatic N) is 1. The number of rotatable bonds is 6. The van der Waals surface area contributed by atoms with Crippen LogP contribution in [0.15, 0.2) is 42.7 Å². The van der Waals surface area contributed by atoms with Crippen LogP contribution in [0.4, 0.5) is 5.69 Å². The molecule has 1 fully saturated rings. The third-order valence-electron chi connectivity index (χ3n) is 4.40. The molecule has 3 rings (SSSR count). The molecule has 0 bridgehead atoms. The molecule has 0 spiro atoms. The predicted octanol–water partition coefficient (Wildman–Crippen LogP) is 2.81. The fraction of sp³-hybridized carbons (Fsp3) is 0.350. The van der Waals surface area contributed by atoms with Gasteiger partial charge in [0.25, 0.3) is 11.8 Å². The second kappa shape index (κ2) is 8.58. The third kappa shape index (κ3) is 4.67. The van der Waals surface area contributed by atoms with Gasteiger partial charge in [-0.25, -0.2) is 0 Å². The molecule has 2 N–H and O–H groups in total. The number of hydrogen-bond donors (Lipinski definition) is 2. The molecule has 2 heterocycles. The van der Waals surface area contributed by atoms with E-state index in [0.29, 0.717) is 23.4 Å². The minimum atomic E-state index is -0.296. The van der Waals surface area contributed by atoms with E-state index < -0.39 is 0 Å². The Morgan fingerprint density at radius 2 is 1.88 bits per heavy atom. The van der Waals surface area contributed by atoms with Gasteiger partial charge in [-0.1, -0.05) is 19.1 Å². The van der Waals surface area contributed by atoms with Crippen LogP contribution in [0, 0.1) is 0 Å². The summed E-state index contributed by atoms with van der Waals surface area (Å²) in [6.07, 6.45) is 5.91.